The summed E-state index contributed by atoms with van der Waals surface area (Å²) in [6, 6.07) is 5.16. The first-order valence-corrected chi connectivity index (χ1v) is 5.81. The van der Waals surface area contributed by atoms with Crippen molar-refractivity contribution >= 4 is 39.1 Å². The molecule has 0 aromatic heterocycles. The van der Waals surface area contributed by atoms with Gasteiger partial charge in [-0.1, -0.05) is 15.9 Å². The standard InChI is InChI=1S/C11H9BrN2O2/c12-5-1-2-9(8(13)3-5)14-10(15)6-4-7(6)11(14)16/h1-3,6-7H,4,13H2. The van der Waals surface area contributed by atoms with Gasteiger partial charge >= 0.3 is 0 Å². The molecular weight excluding hydrogens is 272 g/mol. The molecule has 0 radical (unpaired) electrons. The Morgan fingerprint density at radius 1 is 1.25 bits per heavy atom. The number of benzene rings is 1. The van der Waals surface area contributed by atoms with E-state index in [0.29, 0.717) is 17.8 Å². The van der Waals surface area contributed by atoms with Gasteiger partial charge in [0.05, 0.1) is 23.2 Å². The van der Waals surface area contributed by atoms with E-state index in [1.54, 1.807) is 18.2 Å². The summed E-state index contributed by atoms with van der Waals surface area (Å²) in [6.45, 7) is 0. The molecule has 2 atom stereocenters. The maximum atomic E-state index is 11.8. The topological polar surface area (TPSA) is 63.4 Å². The van der Waals surface area contributed by atoms with Crippen LogP contribution in [-0.2, 0) is 9.59 Å². The van der Waals surface area contributed by atoms with Gasteiger partial charge in [0.25, 0.3) is 0 Å². The normalized spacial score (nSPS) is 27.2. The molecule has 4 nitrogen and oxygen atoms in total. The third kappa shape index (κ3) is 1.21. The van der Waals surface area contributed by atoms with Crippen LogP contribution in [0.2, 0.25) is 0 Å². The van der Waals surface area contributed by atoms with Crippen LogP contribution in [0.3, 0.4) is 0 Å². The number of halogens is 1. The van der Waals surface area contributed by atoms with Gasteiger partial charge in [-0.05, 0) is 24.6 Å². The molecule has 0 spiro atoms. The minimum absolute atomic E-state index is 0.0875. The SMILES string of the molecule is Nc1cc(Br)ccc1N1C(=O)C2CC2C1=O. The van der Waals surface area contributed by atoms with Crippen molar-refractivity contribution in [1.29, 1.82) is 0 Å². The lowest BCUT2D eigenvalue weighted by Gasteiger charge is -2.18. The van der Waals surface area contributed by atoms with Crippen molar-refractivity contribution in [2.45, 2.75) is 6.42 Å². The van der Waals surface area contributed by atoms with Gasteiger partial charge in [-0.15, -0.1) is 0 Å². The highest BCUT2D eigenvalue weighted by Gasteiger charge is 2.59. The summed E-state index contributed by atoms with van der Waals surface area (Å²) in [4.78, 5) is 24.9. The van der Waals surface area contributed by atoms with E-state index in [0.717, 1.165) is 4.47 Å². The second kappa shape index (κ2) is 3.07. The van der Waals surface area contributed by atoms with Crippen molar-refractivity contribution < 1.29 is 9.59 Å². The number of nitrogen functional groups attached to an aromatic ring is 1. The van der Waals surface area contributed by atoms with Crippen LogP contribution in [0.1, 0.15) is 6.42 Å². The van der Waals surface area contributed by atoms with Gasteiger partial charge in [0.1, 0.15) is 0 Å². The summed E-state index contributed by atoms with van der Waals surface area (Å²) in [5.74, 6) is -0.390. The zero-order chi connectivity index (χ0) is 11.4. The van der Waals surface area contributed by atoms with E-state index < -0.39 is 0 Å². The number of nitrogens with two attached hydrogens (primary N) is 1. The molecule has 2 fully saturated rings. The molecule has 16 heavy (non-hydrogen) atoms. The number of carbonyl (C=O) groups is 2. The number of rotatable bonds is 1. The number of fused-ring (bicyclic) bond motifs is 1. The number of amides is 2. The van der Waals surface area contributed by atoms with Gasteiger partial charge in [-0.3, -0.25) is 9.59 Å². The third-order valence-corrected chi connectivity index (χ3v) is 3.59. The first kappa shape index (κ1) is 9.84. The molecule has 1 aromatic carbocycles. The molecule has 2 unspecified atom stereocenters. The summed E-state index contributed by atoms with van der Waals surface area (Å²) in [6.07, 6.45) is 0.713. The van der Waals surface area contributed by atoms with Crippen molar-refractivity contribution in [3.63, 3.8) is 0 Å². The van der Waals surface area contributed by atoms with Crippen LogP contribution in [0.4, 0.5) is 11.4 Å². The van der Waals surface area contributed by atoms with Crippen LogP contribution in [0.5, 0.6) is 0 Å². The van der Waals surface area contributed by atoms with E-state index in [1.807, 2.05) is 0 Å². The number of carbonyl (C=O) groups excluding carboxylic acids is 2. The Bertz CT molecular complexity index is 495. The molecule has 1 saturated heterocycles. The van der Waals surface area contributed by atoms with Crippen LogP contribution in [0.15, 0.2) is 22.7 Å². The average molecular weight is 281 g/mol. The molecule has 0 bridgehead atoms. The number of imide groups is 1. The van der Waals surface area contributed by atoms with Crippen molar-refractivity contribution in [1.82, 2.24) is 0 Å². The molecular formula is C11H9BrN2O2. The molecule has 2 aliphatic rings. The molecule has 2 amide bonds. The van der Waals surface area contributed by atoms with Crippen molar-refractivity contribution in [3.05, 3.63) is 22.7 Å². The first-order valence-electron chi connectivity index (χ1n) is 5.02. The highest BCUT2D eigenvalue weighted by Crippen LogP contribution is 2.49. The highest BCUT2D eigenvalue weighted by atomic mass is 79.9. The Morgan fingerprint density at radius 2 is 1.88 bits per heavy atom. The fourth-order valence-corrected chi connectivity index (χ4v) is 2.53. The Labute approximate surface area is 101 Å². The minimum atomic E-state index is -0.107. The van der Waals surface area contributed by atoms with E-state index >= 15 is 0 Å². The summed E-state index contributed by atoms with van der Waals surface area (Å²) < 4.78 is 0.831. The predicted octanol–water partition coefficient (Wildman–Crippen LogP) is 1.54. The fraction of sp³-hybridized carbons (Fsp3) is 0.273. The first-order chi connectivity index (χ1) is 7.59. The molecule has 1 aliphatic heterocycles. The third-order valence-electron chi connectivity index (χ3n) is 3.10. The Kier molecular flexibility index (Phi) is 1.89. The molecule has 1 aliphatic carbocycles. The lowest BCUT2D eigenvalue weighted by Crippen LogP contribution is -2.33. The summed E-state index contributed by atoms with van der Waals surface area (Å²) in [5, 5.41) is 0. The van der Waals surface area contributed by atoms with E-state index in [2.05, 4.69) is 15.9 Å². The van der Waals surface area contributed by atoms with E-state index in [9.17, 15) is 9.59 Å². The van der Waals surface area contributed by atoms with Crippen molar-refractivity contribution in [2.24, 2.45) is 11.8 Å². The van der Waals surface area contributed by atoms with Crippen LogP contribution in [-0.4, -0.2) is 11.8 Å². The molecule has 1 aromatic rings. The van der Waals surface area contributed by atoms with Gasteiger partial charge in [-0.2, -0.15) is 0 Å². The van der Waals surface area contributed by atoms with Gasteiger partial charge in [0, 0.05) is 4.47 Å². The lowest BCUT2D eigenvalue weighted by molar-refractivity contribution is -0.123. The zero-order valence-corrected chi connectivity index (χ0v) is 9.90. The summed E-state index contributed by atoms with van der Waals surface area (Å²) in [7, 11) is 0. The maximum absolute atomic E-state index is 11.8. The van der Waals surface area contributed by atoms with Gasteiger partial charge < -0.3 is 5.73 Å². The zero-order valence-electron chi connectivity index (χ0n) is 8.31. The molecule has 1 heterocycles. The quantitative estimate of drug-likeness (QED) is 0.627. The fourth-order valence-electron chi connectivity index (χ4n) is 2.15. The van der Waals surface area contributed by atoms with Crippen LogP contribution in [0, 0.1) is 11.8 Å². The number of nitrogens with zero attached hydrogens (tertiary/aromatic N) is 1. The smallest absolute Gasteiger partial charge is 0.237 e. The Morgan fingerprint density at radius 3 is 2.44 bits per heavy atom. The summed E-state index contributed by atoms with van der Waals surface area (Å²) >= 11 is 3.29. The van der Waals surface area contributed by atoms with Crippen LogP contribution < -0.4 is 10.6 Å². The van der Waals surface area contributed by atoms with Gasteiger partial charge in [0.15, 0.2) is 0 Å². The predicted molar refractivity (Wildman–Crippen MR) is 62.6 cm³/mol. The number of piperidine rings is 1. The Hall–Kier alpha value is -1.36. The van der Waals surface area contributed by atoms with E-state index in [4.69, 9.17) is 5.73 Å². The molecule has 3 rings (SSSR count). The molecule has 2 N–H and O–H groups in total. The average Bonchev–Trinajstić information content (AvgIpc) is 2.96. The van der Waals surface area contributed by atoms with E-state index in [1.165, 1.54) is 4.90 Å². The summed E-state index contributed by atoms with van der Waals surface area (Å²) in [5.41, 5.74) is 6.76. The monoisotopic (exact) mass is 280 g/mol. The molecule has 82 valence electrons. The highest BCUT2D eigenvalue weighted by molar-refractivity contribution is 9.10. The van der Waals surface area contributed by atoms with Gasteiger partial charge in [-0.25, -0.2) is 4.90 Å². The van der Waals surface area contributed by atoms with Crippen molar-refractivity contribution in [2.75, 3.05) is 10.6 Å². The second-order valence-electron chi connectivity index (χ2n) is 4.16. The van der Waals surface area contributed by atoms with Gasteiger partial charge in [0.2, 0.25) is 11.8 Å². The van der Waals surface area contributed by atoms with Crippen LogP contribution >= 0.6 is 15.9 Å². The minimum Gasteiger partial charge on any atom is -0.397 e. The number of hydrogen-bond donors (Lipinski definition) is 1. The second-order valence-corrected chi connectivity index (χ2v) is 5.08. The maximum Gasteiger partial charge on any atom is 0.237 e. The number of hydrogen-bond acceptors (Lipinski definition) is 3. The Balaban J connectivity index is 2.04. The van der Waals surface area contributed by atoms with Crippen LogP contribution in [0.25, 0.3) is 0 Å². The molecule has 5 heteroatoms. The van der Waals surface area contributed by atoms with E-state index in [-0.39, 0.29) is 23.7 Å². The lowest BCUT2D eigenvalue weighted by atomic mass is 10.2. The largest absolute Gasteiger partial charge is 0.397 e. The molecule has 1 saturated carbocycles. The number of anilines is 2. The van der Waals surface area contributed by atoms with Crippen molar-refractivity contribution in [3.8, 4) is 0 Å².